The zero-order valence-electron chi connectivity index (χ0n) is 7.23. The van der Waals surface area contributed by atoms with E-state index in [1.807, 2.05) is 0 Å². The Labute approximate surface area is 75.7 Å². The first-order valence-electron chi connectivity index (χ1n) is 3.71. The van der Waals surface area contributed by atoms with E-state index in [9.17, 15) is 4.79 Å². The summed E-state index contributed by atoms with van der Waals surface area (Å²) >= 11 is 0. The van der Waals surface area contributed by atoms with Gasteiger partial charge in [0.1, 0.15) is 11.9 Å². The molecule has 0 spiro atoms. The van der Waals surface area contributed by atoms with E-state index in [1.165, 1.54) is 7.11 Å². The Morgan fingerprint density at radius 1 is 1.62 bits per heavy atom. The number of hydrogen-bond acceptors (Lipinski definition) is 5. The molecule has 0 aromatic carbocycles. The maximum Gasteiger partial charge on any atom is 0.328 e. The number of hydrogen-bond donors (Lipinski definition) is 2. The molecule has 0 fully saturated rings. The molecule has 0 radical (unpaired) electrons. The van der Waals surface area contributed by atoms with Crippen LogP contribution in [0.25, 0.3) is 0 Å². The van der Waals surface area contributed by atoms with Crippen LogP contribution in [-0.2, 0) is 9.53 Å². The van der Waals surface area contributed by atoms with Gasteiger partial charge in [-0.2, -0.15) is 0 Å². The van der Waals surface area contributed by atoms with E-state index in [1.54, 1.807) is 18.2 Å². The van der Waals surface area contributed by atoms with Gasteiger partial charge in [0.25, 0.3) is 0 Å². The zero-order valence-corrected chi connectivity index (χ0v) is 7.23. The van der Waals surface area contributed by atoms with Gasteiger partial charge in [-0.25, -0.2) is 9.78 Å². The van der Waals surface area contributed by atoms with Crippen molar-refractivity contribution in [3.63, 3.8) is 0 Å². The van der Waals surface area contributed by atoms with Crippen LogP contribution in [0.1, 0.15) is 11.7 Å². The maximum atomic E-state index is 11.0. The molecule has 4 N–H and O–H groups in total. The predicted molar refractivity (Wildman–Crippen MR) is 47.6 cm³/mol. The minimum atomic E-state index is -0.867. The van der Waals surface area contributed by atoms with Crippen molar-refractivity contribution in [3.8, 4) is 0 Å². The van der Waals surface area contributed by atoms with Gasteiger partial charge in [0.15, 0.2) is 0 Å². The van der Waals surface area contributed by atoms with Crippen molar-refractivity contribution in [1.82, 2.24) is 4.98 Å². The summed E-state index contributed by atoms with van der Waals surface area (Å²) in [5.74, 6) is -0.199. The lowest BCUT2D eigenvalue weighted by atomic mass is 10.2. The highest BCUT2D eigenvalue weighted by molar-refractivity contribution is 5.76. The number of carbonyl (C=O) groups excluding carboxylic acids is 1. The lowest BCUT2D eigenvalue weighted by Gasteiger charge is -2.08. The van der Waals surface area contributed by atoms with E-state index in [0.29, 0.717) is 11.5 Å². The predicted octanol–water partition coefficient (Wildman–Crippen LogP) is -0.163. The van der Waals surface area contributed by atoms with Gasteiger partial charge in [-0.1, -0.05) is 6.07 Å². The first kappa shape index (κ1) is 9.47. The van der Waals surface area contributed by atoms with Crippen molar-refractivity contribution < 1.29 is 9.53 Å². The Kier molecular flexibility index (Phi) is 2.81. The first-order valence-corrected chi connectivity index (χ1v) is 3.71. The van der Waals surface area contributed by atoms with Gasteiger partial charge in [-0.3, -0.25) is 0 Å². The van der Waals surface area contributed by atoms with Crippen LogP contribution in [0.15, 0.2) is 18.2 Å². The molecule has 5 heteroatoms. The number of nitrogens with zero attached hydrogens (tertiary/aromatic N) is 1. The molecule has 1 aromatic heterocycles. The van der Waals surface area contributed by atoms with Gasteiger partial charge in [0.2, 0.25) is 0 Å². The molecule has 0 amide bonds. The second-order valence-electron chi connectivity index (χ2n) is 2.49. The molecular formula is C8H11N3O2. The number of methoxy groups -OCH3 is 1. The van der Waals surface area contributed by atoms with E-state index >= 15 is 0 Å². The molecule has 0 saturated carbocycles. The second kappa shape index (κ2) is 3.86. The van der Waals surface area contributed by atoms with E-state index in [4.69, 9.17) is 11.5 Å². The van der Waals surface area contributed by atoms with Crippen LogP contribution in [-0.4, -0.2) is 18.1 Å². The minimum Gasteiger partial charge on any atom is -0.468 e. The number of nitrogens with two attached hydrogens (primary N) is 2. The number of pyridine rings is 1. The lowest BCUT2D eigenvalue weighted by Crippen LogP contribution is -2.23. The zero-order chi connectivity index (χ0) is 9.84. The SMILES string of the molecule is COC(=O)C(N)c1cccc(N)n1. The monoisotopic (exact) mass is 181 g/mol. The average Bonchev–Trinajstić information content (AvgIpc) is 2.15. The van der Waals surface area contributed by atoms with Crippen molar-refractivity contribution in [3.05, 3.63) is 23.9 Å². The normalized spacial score (nSPS) is 12.2. The summed E-state index contributed by atoms with van der Waals surface area (Å²) in [5.41, 5.74) is 11.4. The van der Waals surface area contributed by atoms with Crippen LogP contribution >= 0.6 is 0 Å². The minimum absolute atomic E-state index is 0.330. The number of carbonyl (C=O) groups is 1. The molecule has 70 valence electrons. The molecule has 5 nitrogen and oxygen atoms in total. The van der Waals surface area contributed by atoms with Crippen molar-refractivity contribution >= 4 is 11.8 Å². The fraction of sp³-hybridized carbons (Fsp3) is 0.250. The third-order valence-corrected chi connectivity index (χ3v) is 1.57. The number of nitrogen functional groups attached to an aromatic ring is 1. The number of esters is 1. The molecular weight excluding hydrogens is 170 g/mol. The summed E-state index contributed by atoms with van der Waals surface area (Å²) in [7, 11) is 1.27. The van der Waals surface area contributed by atoms with Crippen molar-refractivity contribution in [2.45, 2.75) is 6.04 Å². The molecule has 13 heavy (non-hydrogen) atoms. The summed E-state index contributed by atoms with van der Waals surface area (Å²) in [4.78, 5) is 14.9. The highest BCUT2D eigenvalue weighted by Crippen LogP contribution is 2.09. The number of ether oxygens (including phenoxy) is 1. The molecule has 1 heterocycles. The molecule has 1 atom stereocenters. The standard InChI is InChI=1S/C8H11N3O2/c1-13-8(12)7(10)5-3-2-4-6(9)11-5/h2-4,7H,10H2,1H3,(H2,9,11). The van der Waals surface area contributed by atoms with Crippen LogP contribution in [0.5, 0.6) is 0 Å². The van der Waals surface area contributed by atoms with Crippen molar-refractivity contribution in [1.29, 1.82) is 0 Å². The van der Waals surface area contributed by atoms with Crippen LogP contribution in [0.3, 0.4) is 0 Å². The van der Waals surface area contributed by atoms with E-state index in [-0.39, 0.29) is 0 Å². The van der Waals surface area contributed by atoms with Crippen LogP contribution in [0.4, 0.5) is 5.82 Å². The van der Waals surface area contributed by atoms with Crippen LogP contribution < -0.4 is 11.5 Å². The number of aromatic nitrogens is 1. The van der Waals surface area contributed by atoms with Gasteiger partial charge < -0.3 is 16.2 Å². The Hall–Kier alpha value is -1.62. The van der Waals surface area contributed by atoms with Gasteiger partial charge in [-0.05, 0) is 12.1 Å². The Morgan fingerprint density at radius 3 is 2.85 bits per heavy atom. The molecule has 1 unspecified atom stereocenters. The Bertz CT molecular complexity index is 314. The molecule has 0 bridgehead atoms. The molecule has 0 aliphatic rings. The molecule has 1 rings (SSSR count). The van der Waals surface area contributed by atoms with Crippen molar-refractivity contribution in [2.24, 2.45) is 5.73 Å². The Morgan fingerprint density at radius 2 is 2.31 bits per heavy atom. The average molecular weight is 181 g/mol. The molecule has 0 saturated heterocycles. The van der Waals surface area contributed by atoms with E-state index in [2.05, 4.69) is 9.72 Å². The highest BCUT2D eigenvalue weighted by Gasteiger charge is 2.17. The summed E-state index contributed by atoms with van der Waals surface area (Å²) < 4.78 is 4.46. The molecule has 0 aliphatic carbocycles. The smallest absolute Gasteiger partial charge is 0.328 e. The van der Waals surface area contributed by atoms with Gasteiger partial charge >= 0.3 is 5.97 Å². The third kappa shape index (κ3) is 2.16. The van der Waals surface area contributed by atoms with Gasteiger partial charge in [-0.15, -0.1) is 0 Å². The lowest BCUT2D eigenvalue weighted by molar-refractivity contribution is -0.142. The van der Waals surface area contributed by atoms with Gasteiger partial charge in [0, 0.05) is 0 Å². The summed E-state index contributed by atoms with van der Waals surface area (Å²) in [6.07, 6.45) is 0. The second-order valence-corrected chi connectivity index (χ2v) is 2.49. The highest BCUT2D eigenvalue weighted by atomic mass is 16.5. The van der Waals surface area contributed by atoms with Crippen LogP contribution in [0, 0.1) is 0 Å². The van der Waals surface area contributed by atoms with E-state index in [0.717, 1.165) is 0 Å². The number of rotatable bonds is 2. The maximum absolute atomic E-state index is 11.0. The van der Waals surface area contributed by atoms with Gasteiger partial charge in [0.05, 0.1) is 12.8 Å². The fourth-order valence-corrected chi connectivity index (χ4v) is 0.890. The summed E-state index contributed by atoms with van der Waals surface area (Å²) in [5, 5.41) is 0. The summed E-state index contributed by atoms with van der Waals surface area (Å²) in [6.45, 7) is 0. The van der Waals surface area contributed by atoms with Crippen LogP contribution in [0.2, 0.25) is 0 Å². The summed E-state index contributed by atoms with van der Waals surface area (Å²) in [6, 6.07) is 4.06. The van der Waals surface area contributed by atoms with E-state index < -0.39 is 12.0 Å². The molecule has 0 aliphatic heterocycles. The fourth-order valence-electron chi connectivity index (χ4n) is 0.890. The van der Waals surface area contributed by atoms with Crippen molar-refractivity contribution in [2.75, 3.05) is 12.8 Å². The quantitative estimate of drug-likeness (QED) is 0.618. The number of anilines is 1. The third-order valence-electron chi connectivity index (χ3n) is 1.57. The topological polar surface area (TPSA) is 91.2 Å². The molecule has 1 aromatic rings. The largest absolute Gasteiger partial charge is 0.468 e. The first-order chi connectivity index (χ1) is 6.15. The Balaban J connectivity index is 2.88.